The van der Waals surface area contributed by atoms with E-state index in [9.17, 15) is 0 Å². The van der Waals surface area contributed by atoms with Crippen molar-refractivity contribution in [1.29, 1.82) is 0 Å². The Morgan fingerprint density at radius 2 is 2.10 bits per heavy atom. The summed E-state index contributed by atoms with van der Waals surface area (Å²) in [6.45, 7) is 2.68. The number of ether oxygens (including phenoxy) is 1. The first-order valence-electron chi connectivity index (χ1n) is 3.28. The lowest BCUT2D eigenvalue weighted by atomic mass is 10.3. The minimum absolute atomic E-state index is 0.710. The molecule has 0 fully saturated rings. The van der Waals surface area contributed by atoms with Crippen LogP contribution in [0.1, 0.15) is 6.92 Å². The Kier molecular flexibility index (Phi) is 2.51. The van der Waals surface area contributed by atoms with Crippen molar-refractivity contribution in [3.63, 3.8) is 0 Å². The minimum atomic E-state index is 0.710. The van der Waals surface area contributed by atoms with Gasteiger partial charge < -0.3 is 4.74 Å². The van der Waals surface area contributed by atoms with Gasteiger partial charge in [0.1, 0.15) is 5.75 Å². The van der Waals surface area contributed by atoms with E-state index in [-0.39, 0.29) is 0 Å². The van der Waals surface area contributed by atoms with Gasteiger partial charge in [-0.2, -0.15) is 0 Å². The molecule has 0 aromatic heterocycles. The summed E-state index contributed by atoms with van der Waals surface area (Å²) < 4.78 is 5.29. The average Bonchev–Trinajstić information content (AvgIpc) is 1.94. The Hall–Kier alpha value is -0.763. The quantitative estimate of drug-likeness (QED) is 0.567. The molecule has 51 valence electrons. The summed E-state index contributed by atoms with van der Waals surface area (Å²) in [7, 11) is 3.42. The van der Waals surface area contributed by atoms with Gasteiger partial charge >= 0.3 is 0 Å². The Balaban J connectivity index is 2.81. The molecular weight excluding hydrogens is 140 g/mol. The molecular formula is C8H9OSi. The summed E-state index contributed by atoms with van der Waals surface area (Å²) in [5.41, 5.74) is 0. The third-order valence-corrected chi connectivity index (χ3v) is 1.60. The van der Waals surface area contributed by atoms with Crippen molar-refractivity contribution >= 4 is 15.4 Å². The largest absolute Gasteiger partial charge is 0.494 e. The fraction of sp³-hybridized carbons (Fsp3) is 0.250. The van der Waals surface area contributed by atoms with Crippen LogP contribution in [0.2, 0.25) is 0 Å². The number of para-hydroxylation sites is 1. The first-order valence-corrected chi connectivity index (χ1v) is 3.78. The Bertz CT molecular complexity index is 210. The first-order chi connectivity index (χ1) is 4.84. The van der Waals surface area contributed by atoms with Crippen LogP contribution in [-0.4, -0.2) is 16.8 Å². The van der Waals surface area contributed by atoms with Gasteiger partial charge in [0.15, 0.2) is 0 Å². The summed E-state index contributed by atoms with van der Waals surface area (Å²) in [6, 6.07) is 7.81. The van der Waals surface area contributed by atoms with Gasteiger partial charge in [0.2, 0.25) is 0 Å². The molecule has 3 radical (unpaired) electrons. The van der Waals surface area contributed by atoms with Crippen molar-refractivity contribution in [2.24, 2.45) is 0 Å². The van der Waals surface area contributed by atoms with E-state index in [1.54, 1.807) is 0 Å². The molecule has 0 saturated carbocycles. The predicted molar refractivity (Wildman–Crippen MR) is 43.0 cm³/mol. The van der Waals surface area contributed by atoms with E-state index < -0.39 is 0 Å². The Morgan fingerprint density at radius 1 is 1.40 bits per heavy atom. The molecule has 1 aromatic rings. The van der Waals surface area contributed by atoms with E-state index >= 15 is 0 Å². The zero-order valence-electron chi connectivity index (χ0n) is 5.92. The molecule has 2 heteroatoms. The van der Waals surface area contributed by atoms with Gasteiger partial charge in [-0.3, -0.25) is 0 Å². The zero-order valence-corrected chi connectivity index (χ0v) is 6.92. The Morgan fingerprint density at radius 3 is 2.70 bits per heavy atom. The maximum atomic E-state index is 5.29. The summed E-state index contributed by atoms with van der Waals surface area (Å²) in [4.78, 5) is 0. The van der Waals surface area contributed by atoms with Crippen LogP contribution < -0.4 is 9.92 Å². The van der Waals surface area contributed by atoms with E-state index in [1.807, 2.05) is 31.2 Å². The fourth-order valence-electron chi connectivity index (χ4n) is 0.748. The summed E-state index contributed by atoms with van der Waals surface area (Å²) in [5.74, 6) is 0.904. The van der Waals surface area contributed by atoms with Gasteiger partial charge in [-0.1, -0.05) is 18.2 Å². The Labute approximate surface area is 64.4 Å². The molecule has 0 bridgehead atoms. The minimum Gasteiger partial charge on any atom is -0.494 e. The number of hydrogen-bond acceptors (Lipinski definition) is 1. The molecule has 1 rings (SSSR count). The van der Waals surface area contributed by atoms with Gasteiger partial charge in [-0.15, -0.1) is 0 Å². The lowest BCUT2D eigenvalue weighted by Crippen LogP contribution is -2.07. The fourth-order valence-corrected chi connectivity index (χ4v) is 1.000. The monoisotopic (exact) mass is 149 g/mol. The van der Waals surface area contributed by atoms with E-state index in [4.69, 9.17) is 4.74 Å². The molecule has 0 amide bonds. The van der Waals surface area contributed by atoms with Gasteiger partial charge in [0.05, 0.1) is 16.8 Å². The number of rotatable bonds is 2. The van der Waals surface area contributed by atoms with E-state index in [1.165, 1.54) is 0 Å². The lowest BCUT2D eigenvalue weighted by Gasteiger charge is -2.04. The molecule has 0 heterocycles. The van der Waals surface area contributed by atoms with Crippen molar-refractivity contribution in [2.45, 2.75) is 6.92 Å². The lowest BCUT2D eigenvalue weighted by molar-refractivity contribution is 0.343. The number of benzene rings is 1. The standard InChI is InChI=1S/C8H9OSi/c1-2-9-7-5-3-4-6-8(7)10/h3-6H,2H2,1H3. The van der Waals surface area contributed by atoms with Gasteiger partial charge in [0, 0.05) is 0 Å². The molecule has 0 spiro atoms. The van der Waals surface area contributed by atoms with Gasteiger partial charge in [-0.25, -0.2) is 0 Å². The molecule has 0 saturated heterocycles. The predicted octanol–water partition coefficient (Wildman–Crippen LogP) is 0.879. The number of hydrogen-bond donors (Lipinski definition) is 0. The van der Waals surface area contributed by atoms with Crippen LogP contribution in [0.5, 0.6) is 5.75 Å². The van der Waals surface area contributed by atoms with E-state index in [0.29, 0.717) is 6.61 Å². The second-order valence-electron chi connectivity index (χ2n) is 1.93. The highest BCUT2D eigenvalue weighted by Gasteiger charge is 1.93. The summed E-state index contributed by atoms with van der Waals surface area (Å²) >= 11 is 0. The van der Waals surface area contributed by atoms with Crippen LogP contribution >= 0.6 is 0 Å². The molecule has 0 aliphatic rings. The summed E-state index contributed by atoms with van der Waals surface area (Å²) in [5, 5.41) is 1.00. The highest BCUT2D eigenvalue weighted by atomic mass is 28.1. The molecule has 1 aromatic carbocycles. The normalized spacial score (nSPS) is 9.40. The second-order valence-corrected chi connectivity index (χ2v) is 2.47. The highest BCUT2D eigenvalue weighted by Crippen LogP contribution is 2.03. The van der Waals surface area contributed by atoms with Crippen LogP contribution in [0.3, 0.4) is 0 Å². The molecule has 0 N–H and O–H groups in total. The molecule has 0 unspecified atom stereocenters. The van der Waals surface area contributed by atoms with Gasteiger partial charge in [-0.05, 0) is 18.2 Å². The topological polar surface area (TPSA) is 9.23 Å². The summed E-state index contributed by atoms with van der Waals surface area (Å²) in [6.07, 6.45) is 0. The third-order valence-electron chi connectivity index (χ3n) is 1.19. The van der Waals surface area contributed by atoms with E-state index in [0.717, 1.165) is 10.9 Å². The maximum absolute atomic E-state index is 5.29. The smallest absolute Gasteiger partial charge is 0.117 e. The molecule has 0 aliphatic heterocycles. The van der Waals surface area contributed by atoms with E-state index in [2.05, 4.69) is 10.2 Å². The average molecular weight is 149 g/mol. The zero-order chi connectivity index (χ0) is 7.40. The first kappa shape index (κ1) is 7.35. The maximum Gasteiger partial charge on any atom is 0.117 e. The van der Waals surface area contributed by atoms with Crippen molar-refractivity contribution in [3.8, 4) is 5.75 Å². The van der Waals surface area contributed by atoms with Crippen molar-refractivity contribution < 1.29 is 4.74 Å². The van der Waals surface area contributed by atoms with Crippen molar-refractivity contribution in [2.75, 3.05) is 6.61 Å². The molecule has 1 nitrogen and oxygen atoms in total. The molecule has 0 aliphatic carbocycles. The van der Waals surface area contributed by atoms with Crippen molar-refractivity contribution in [1.82, 2.24) is 0 Å². The SMILES string of the molecule is CCOc1ccccc1[Si]. The van der Waals surface area contributed by atoms with Crippen molar-refractivity contribution in [3.05, 3.63) is 24.3 Å². The molecule has 10 heavy (non-hydrogen) atoms. The van der Waals surface area contributed by atoms with Crippen LogP contribution in [0.15, 0.2) is 24.3 Å². The molecule has 0 atom stereocenters. The highest BCUT2D eigenvalue weighted by molar-refractivity contribution is 6.34. The van der Waals surface area contributed by atoms with Crippen LogP contribution in [0.4, 0.5) is 0 Å². The second kappa shape index (κ2) is 3.42. The van der Waals surface area contributed by atoms with Gasteiger partial charge in [0.25, 0.3) is 0 Å². The van der Waals surface area contributed by atoms with Crippen LogP contribution in [0, 0.1) is 0 Å². The van der Waals surface area contributed by atoms with Crippen LogP contribution in [-0.2, 0) is 0 Å². The van der Waals surface area contributed by atoms with Crippen LogP contribution in [0.25, 0.3) is 0 Å². The third kappa shape index (κ3) is 1.61.